The van der Waals surface area contributed by atoms with Crippen LogP contribution in [0.5, 0.6) is 0 Å². The van der Waals surface area contributed by atoms with Crippen molar-refractivity contribution in [1.29, 1.82) is 0 Å². The van der Waals surface area contributed by atoms with E-state index in [-0.39, 0.29) is 5.89 Å². The van der Waals surface area contributed by atoms with Crippen molar-refractivity contribution in [1.82, 2.24) is 4.98 Å². The predicted octanol–water partition coefficient (Wildman–Crippen LogP) is 4.29. The summed E-state index contributed by atoms with van der Waals surface area (Å²) in [6.45, 7) is 0. The van der Waals surface area contributed by atoms with E-state index in [1.807, 2.05) is 30.3 Å². The number of rotatable bonds is 3. The van der Waals surface area contributed by atoms with E-state index in [0.717, 1.165) is 5.56 Å². The largest absolute Gasteiger partial charge is 0.480 e. The van der Waals surface area contributed by atoms with Crippen LogP contribution in [0.3, 0.4) is 0 Å². The Bertz CT molecular complexity index is 940. The van der Waals surface area contributed by atoms with Crippen molar-refractivity contribution in [2.75, 3.05) is 0 Å². The molecule has 0 amide bonds. The number of hydrogen-bond acceptors (Lipinski definition) is 4. The summed E-state index contributed by atoms with van der Waals surface area (Å²) in [5, 5.41) is 10.6. The van der Waals surface area contributed by atoms with Crippen molar-refractivity contribution >= 4 is 41.2 Å². The molecule has 4 rings (SSSR count). The van der Waals surface area contributed by atoms with Crippen LogP contribution in [0.25, 0.3) is 11.3 Å². The SMILES string of the molecule is Ic1cc2ccc1=2.O=C(O)C(S)c1nc(-c2ccccc2)co1. The smallest absolute Gasteiger partial charge is 0.325 e. The van der Waals surface area contributed by atoms with Gasteiger partial charge in [0.15, 0.2) is 5.25 Å². The zero-order valence-electron chi connectivity index (χ0n) is 11.8. The van der Waals surface area contributed by atoms with Gasteiger partial charge in [0, 0.05) is 9.13 Å². The molecule has 1 heterocycles. The Balaban J connectivity index is 0.000000183. The van der Waals surface area contributed by atoms with Crippen molar-refractivity contribution in [3.05, 3.63) is 74.7 Å². The maximum absolute atomic E-state index is 10.7. The highest BCUT2D eigenvalue weighted by Gasteiger charge is 2.20. The fourth-order valence-electron chi connectivity index (χ4n) is 2.00. The second-order valence-electron chi connectivity index (χ2n) is 4.87. The number of benzene rings is 2. The Kier molecular flexibility index (Phi) is 4.72. The Labute approximate surface area is 151 Å². The highest BCUT2D eigenvalue weighted by Crippen LogP contribution is 2.24. The fraction of sp³-hybridized carbons (Fsp3) is 0.0588. The summed E-state index contributed by atoms with van der Waals surface area (Å²) in [6, 6.07) is 15.9. The van der Waals surface area contributed by atoms with Crippen LogP contribution in [0.1, 0.15) is 11.1 Å². The lowest BCUT2D eigenvalue weighted by molar-refractivity contribution is -0.136. The molecular weight excluding hydrogens is 425 g/mol. The number of hydrogen-bond donors (Lipinski definition) is 2. The number of aliphatic carboxylic acids is 1. The molecule has 4 nitrogen and oxygen atoms in total. The van der Waals surface area contributed by atoms with Crippen molar-refractivity contribution in [2.24, 2.45) is 0 Å². The van der Waals surface area contributed by atoms with Crippen molar-refractivity contribution in [3.63, 3.8) is 0 Å². The summed E-state index contributed by atoms with van der Waals surface area (Å²) in [7, 11) is 0. The number of carbonyl (C=O) groups is 1. The van der Waals surface area contributed by atoms with E-state index >= 15 is 0 Å². The van der Waals surface area contributed by atoms with Crippen LogP contribution in [0.2, 0.25) is 0 Å². The summed E-state index contributed by atoms with van der Waals surface area (Å²) in [6.07, 6.45) is 1.43. The van der Waals surface area contributed by atoms with E-state index in [1.54, 1.807) is 0 Å². The molecule has 0 aliphatic heterocycles. The molecule has 2 aliphatic carbocycles. The van der Waals surface area contributed by atoms with Crippen LogP contribution in [0.4, 0.5) is 0 Å². The van der Waals surface area contributed by atoms with Gasteiger partial charge >= 0.3 is 5.97 Å². The molecule has 6 heteroatoms. The number of thiol groups is 1. The zero-order valence-corrected chi connectivity index (χ0v) is 14.9. The van der Waals surface area contributed by atoms with Crippen molar-refractivity contribution in [2.45, 2.75) is 5.25 Å². The number of carboxylic acid groups (broad SMARTS) is 1. The van der Waals surface area contributed by atoms with Crippen LogP contribution in [-0.4, -0.2) is 16.1 Å². The summed E-state index contributed by atoms with van der Waals surface area (Å²) < 4.78 is 6.49. The van der Waals surface area contributed by atoms with Gasteiger partial charge in [0.2, 0.25) is 5.89 Å². The molecule has 1 unspecified atom stereocenters. The molecule has 23 heavy (non-hydrogen) atoms. The molecule has 0 saturated carbocycles. The molecule has 1 aromatic heterocycles. The van der Waals surface area contributed by atoms with Gasteiger partial charge in [0.25, 0.3) is 0 Å². The van der Waals surface area contributed by atoms with Gasteiger partial charge in [-0.25, -0.2) is 4.98 Å². The van der Waals surface area contributed by atoms with Crippen molar-refractivity contribution < 1.29 is 14.3 Å². The Morgan fingerprint density at radius 2 is 1.96 bits per heavy atom. The number of carboxylic acids is 1. The summed E-state index contributed by atoms with van der Waals surface area (Å²) in [5.41, 5.74) is 1.49. The molecule has 0 fully saturated rings. The quantitative estimate of drug-likeness (QED) is 0.371. The van der Waals surface area contributed by atoms with E-state index in [2.05, 4.69) is 58.4 Å². The molecule has 1 aromatic carbocycles. The molecule has 0 saturated heterocycles. The molecule has 1 atom stereocenters. The predicted molar refractivity (Wildman–Crippen MR) is 98.1 cm³/mol. The zero-order chi connectivity index (χ0) is 16.4. The van der Waals surface area contributed by atoms with Gasteiger partial charge in [-0.15, -0.1) is 0 Å². The summed E-state index contributed by atoms with van der Waals surface area (Å²) >= 11 is 6.22. The first-order chi connectivity index (χ1) is 11.1. The first-order valence-electron chi connectivity index (χ1n) is 6.78. The highest BCUT2D eigenvalue weighted by molar-refractivity contribution is 14.1. The van der Waals surface area contributed by atoms with Gasteiger partial charge in [-0.1, -0.05) is 42.5 Å². The van der Waals surface area contributed by atoms with E-state index in [1.165, 1.54) is 20.3 Å². The number of oxazole rings is 1. The molecular formula is C17H12INO3S. The van der Waals surface area contributed by atoms with Crippen LogP contribution in [0.15, 0.2) is 59.2 Å². The molecule has 116 valence electrons. The Hall–Kier alpha value is -1.80. The van der Waals surface area contributed by atoms with Crippen LogP contribution >= 0.6 is 35.2 Å². The van der Waals surface area contributed by atoms with Crippen LogP contribution in [-0.2, 0) is 4.79 Å². The summed E-state index contributed by atoms with van der Waals surface area (Å²) in [4.78, 5) is 14.7. The van der Waals surface area contributed by atoms with Gasteiger partial charge in [-0.3, -0.25) is 4.79 Å². The highest BCUT2D eigenvalue weighted by atomic mass is 127. The minimum absolute atomic E-state index is 0.0923. The number of nitrogens with zero attached hydrogens (tertiary/aromatic N) is 1. The lowest BCUT2D eigenvalue weighted by Crippen LogP contribution is -2.05. The van der Waals surface area contributed by atoms with E-state index < -0.39 is 11.2 Å². The first kappa shape index (κ1) is 16.1. The van der Waals surface area contributed by atoms with E-state index in [4.69, 9.17) is 9.52 Å². The number of halogens is 1. The molecule has 2 aliphatic rings. The average Bonchev–Trinajstić information content (AvgIpc) is 3.02. The van der Waals surface area contributed by atoms with Gasteiger partial charge in [0.1, 0.15) is 12.0 Å². The second kappa shape index (κ2) is 6.76. The molecule has 0 spiro atoms. The summed E-state index contributed by atoms with van der Waals surface area (Å²) in [5.74, 6) is -0.987. The van der Waals surface area contributed by atoms with Crippen LogP contribution < -0.4 is 0 Å². The Morgan fingerprint density at radius 1 is 1.22 bits per heavy atom. The van der Waals surface area contributed by atoms with Crippen molar-refractivity contribution in [3.8, 4) is 11.3 Å². The van der Waals surface area contributed by atoms with Gasteiger partial charge in [-0.2, -0.15) is 12.6 Å². The van der Waals surface area contributed by atoms with Gasteiger partial charge in [0.05, 0.1) is 0 Å². The first-order valence-corrected chi connectivity index (χ1v) is 8.37. The minimum Gasteiger partial charge on any atom is -0.480 e. The standard InChI is InChI=1S/C11H9NO3S.C6H3I/c13-11(14)9(16)10-12-8(6-15-10)7-4-2-1-3-5-7;7-6-3-4-1-2-5(4)6/h1-6,9,16H,(H,13,14);1-3H. The van der Waals surface area contributed by atoms with E-state index in [0.29, 0.717) is 5.69 Å². The van der Waals surface area contributed by atoms with Gasteiger partial charge < -0.3 is 9.52 Å². The van der Waals surface area contributed by atoms with Gasteiger partial charge in [-0.05, 0) is 39.1 Å². The third kappa shape index (κ3) is 3.42. The minimum atomic E-state index is -1.08. The lowest BCUT2D eigenvalue weighted by Gasteiger charge is -2.02. The molecule has 0 radical (unpaired) electrons. The third-order valence-electron chi connectivity index (χ3n) is 3.34. The monoisotopic (exact) mass is 437 g/mol. The average molecular weight is 437 g/mol. The maximum Gasteiger partial charge on any atom is 0.325 e. The number of aromatic nitrogens is 1. The van der Waals surface area contributed by atoms with Crippen LogP contribution in [0, 0.1) is 14.0 Å². The third-order valence-corrected chi connectivity index (χ3v) is 4.67. The normalized spacial score (nSPS) is 12.1. The molecule has 1 N–H and O–H groups in total. The lowest BCUT2D eigenvalue weighted by atomic mass is 10.1. The Morgan fingerprint density at radius 3 is 2.39 bits per heavy atom. The molecule has 2 aromatic rings. The fourth-order valence-corrected chi connectivity index (χ4v) is 2.95. The second-order valence-corrected chi connectivity index (χ2v) is 6.55. The maximum atomic E-state index is 10.7. The van der Waals surface area contributed by atoms with E-state index in [9.17, 15) is 4.79 Å². The molecule has 0 bridgehead atoms. The topological polar surface area (TPSA) is 63.3 Å².